The number of amides is 1. The van der Waals surface area contributed by atoms with Gasteiger partial charge < -0.3 is 10.6 Å². The molecule has 1 aliphatic heterocycles. The van der Waals surface area contributed by atoms with Crippen molar-refractivity contribution < 1.29 is 18.0 Å². The molecule has 1 aliphatic rings. The highest BCUT2D eigenvalue weighted by atomic mass is 19.4. The molecule has 0 aromatic carbocycles. The van der Waals surface area contributed by atoms with Crippen molar-refractivity contribution in [1.29, 1.82) is 0 Å². The normalized spacial score (nSPS) is 25.0. The fourth-order valence-corrected chi connectivity index (χ4v) is 1.76. The van der Waals surface area contributed by atoms with Gasteiger partial charge in [-0.3, -0.25) is 9.48 Å². The number of halogens is 3. The van der Waals surface area contributed by atoms with Crippen LogP contribution in [0.5, 0.6) is 0 Å². The zero-order valence-corrected chi connectivity index (χ0v) is 8.98. The van der Waals surface area contributed by atoms with Crippen LogP contribution in [0.1, 0.15) is 6.92 Å². The fourth-order valence-electron chi connectivity index (χ4n) is 1.76. The van der Waals surface area contributed by atoms with Crippen molar-refractivity contribution >= 4 is 11.6 Å². The van der Waals surface area contributed by atoms with E-state index in [0.717, 1.165) is 4.68 Å². The summed E-state index contributed by atoms with van der Waals surface area (Å²) in [5, 5.41) is 3.56. The largest absolute Gasteiger partial charge is 0.408 e. The first-order chi connectivity index (χ1) is 7.79. The standard InChI is InChI=1S/C9H11F3N4O/c1-5-7(13)8(17)16(5)6-2-14-15(3-6)4-9(10,11)12/h2-3,5,7H,4,13H2,1H3/t5-,7-/m0/s1. The number of nitrogens with zero attached hydrogens (tertiary/aromatic N) is 3. The lowest BCUT2D eigenvalue weighted by molar-refractivity contribution is -0.142. The van der Waals surface area contributed by atoms with Crippen molar-refractivity contribution in [2.24, 2.45) is 5.73 Å². The summed E-state index contributed by atoms with van der Waals surface area (Å²) in [4.78, 5) is 12.7. The summed E-state index contributed by atoms with van der Waals surface area (Å²) in [6.07, 6.45) is -1.91. The SMILES string of the molecule is C[C@H]1[C@H](N)C(=O)N1c1cnn(CC(F)(F)F)c1. The molecule has 94 valence electrons. The van der Waals surface area contributed by atoms with Crippen molar-refractivity contribution in [2.45, 2.75) is 31.7 Å². The van der Waals surface area contributed by atoms with E-state index in [1.165, 1.54) is 17.3 Å². The first-order valence-corrected chi connectivity index (χ1v) is 4.97. The van der Waals surface area contributed by atoms with Crippen LogP contribution in [-0.2, 0) is 11.3 Å². The van der Waals surface area contributed by atoms with E-state index >= 15 is 0 Å². The van der Waals surface area contributed by atoms with Gasteiger partial charge in [-0.15, -0.1) is 0 Å². The highest BCUT2D eigenvalue weighted by Gasteiger charge is 2.43. The third-order valence-electron chi connectivity index (χ3n) is 2.69. The number of carbonyl (C=O) groups is 1. The summed E-state index contributed by atoms with van der Waals surface area (Å²) >= 11 is 0. The van der Waals surface area contributed by atoms with Gasteiger partial charge in [0.25, 0.3) is 0 Å². The number of aromatic nitrogens is 2. The monoisotopic (exact) mass is 248 g/mol. The second-order valence-corrected chi connectivity index (χ2v) is 3.99. The van der Waals surface area contributed by atoms with Crippen LogP contribution in [0.25, 0.3) is 0 Å². The van der Waals surface area contributed by atoms with Gasteiger partial charge in [0.1, 0.15) is 12.6 Å². The summed E-state index contributed by atoms with van der Waals surface area (Å²) in [6, 6.07) is -0.799. The van der Waals surface area contributed by atoms with Gasteiger partial charge in [-0.25, -0.2) is 0 Å². The number of anilines is 1. The molecule has 2 rings (SSSR count). The van der Waals surface area contributed by atoms with Gasteiger partial charge in [0.15, 0.2) is 0 Å². The Balaban J connectivity index is 2.12. The Morgan fingerprint density at radius 3 is 2.71 bits per heavy atom. The van der Waals surface area contributed by atoms with Gasteiger partial charge >= 0.3 is 6.18 Å². The van der Waals surface area contributed by atoms with Crippen LogP contribution in [0, 0.1) is 0 Å². The molecule has 0 saturated carbocycles. The Labute approximate surface area is 95.0 Å². The number of carbonyl (C=O) groups excluding carboxylic acids is 1. The second-order valence-electron chi connectivity index (χ2n) is 3.99. The zero-order valence-electron chi connectivity index (χ0n) is 8.98. The van der Waals surface area contributed by atoms with Crippen LogP contribution in [0.4, 0.5) is 18.9 Å². The van der Waals surface area contributed by atoms with E-state index in [4.69, 9.17) is 5.73 Å². The minimum Gasteiger partial charge on any atom is -0.318 e. The molecule has 0 radical (unpaired) electrons. The summed E-state index contributed by atoms with van der Waals surface area (Å²) in [5.74, 6) is -0.302. The van der Waals surface area contributed by atoms with Crippen molar-refractivity contribution in [3.63, 3.8) is 0 Å². The molecule has 1 fully saturated rings. The molecule has 8 heteroatoms. The Bertz CT molecular complexity index is 442. The number of alkyl halides is 3. The van der Waals surface area contributed by atoms with E-state index in [9.17, 15) is 18.0 Å². The van der Waals surface area contributed by atoms with E-state index in [-0.39, 0.29) is 11.9 Å². The Morgan fingerprint density at radius 2 is 2.18 bits per heavy atom. The first-order valence-electron chi connectivity index (χ1n) is 4.97. The fraction of sp³-hybridized carbons (Fsp3) is 0.556. The molecule has 2 N–H and O–H groups in total. The molecule has 1 aromatic heterocycles. The number of nitrogens with two attached hydrogens (primary N) is 1. The van der Waals surface area contributed by atoms with E-state index < -0.39 is 18.8 Å². The van der Waals surface area contributed by atoms with Crippen LogP contribution >= 0.6 is 0 Å². The van der Waals surface area contributed by atoms with Crippen LogP contribution in [0.2, 0.25) is 0 Å². The molecule has 17 heavy (non-hydrogen) atoms. The molecule has 0 unspecified atom stereocenters. The van der Waals surface area contributed by atoms with Crippen molar-refractivity contribution in [1.82, 2.24) is 9.78 Å². The van der Waals surface area contributed by atoms with Crippen molar-refractivity contribution in [2.75, 3.05) is 4.90 Å². The quantitative estimate of drug-likeness (QED) is 0.775. The van der Waals surface area contributed by atoms with Crippen LogP contribution in [0.15, 0.2) is 12.4 Å². The summed E-state index contributed by atoms with van der Waals surface area (Å²) in [7, 11) is 0. The van der Waals surface area contributed by atoms with Crippen LogP contribution in [-0.4, -0.2) is 33.9 Å². The molecular formula is C9H11F3N4O. The highest BCUT2D eigenvalue weighted by Crippen LogP contribution is 2.27. The molecule has 0 aliphatic carbocycles. The summed E-state index contributed by atoms with van der Waals surface area (Å²) in [6.45, 7) is 0.558. The minimum absolute atomic E-state index is 0.217. The third kappa shape index (κ3) is 2.12. The molecule has 1 aromatic rings. The van der Waals surface area contributed by atoms with Gasteiger partial charge in [-0.2, -0.15) is 18.3 Å². The zero-order chi connectivity index (χ0) is 12.8. The van der Waals surface area contributed by atoms with Crippen LogP contribution < -0.4 is 10.6 Å². The maximum atomic E-state index is 12.1. The Morgan fingerprint density at radius 1 is 1.53 bits per heavy atom. The molecule has 0 bridgehead atoms. The van der Waals surface area contributed by atoms with Gasteiger partial charge in [-0.1, -0.05) is 0 Å². The van der Waals surface area contributed by atoms with Gasteiger partial charge in [0.2, 0.25) is 5.91 Å². The lowest BCUT2D eigenvalue weighted by Gasteiger charge is -2.42. The first kappa shape index (κ1) is 11.9. The third-order valence-corrected chi connectivity index (χ3v) is 2.69. The molecule has 5 nitrogen and oxygen atoms in total. The van der Waals surface area contributed by atoms with E-state index in [2.05, 4.69) is 5.10 Å². The predicted octanol–water partition coefficient (Wildman–Crippen LogP) is 0.508. The number of hydrogen-bond donors (Lipinski definition) is 1. The number of rotatable bonds is 2. The summed E-state index contributed by atoms with van der Waals surface area (Å²) < 4.78 is 37.1. The van der Waals surface area contributed by atoms with E-state index in [1.807, 2.05) is 0 Å². The number of hydrogen-bond acceptors (Lipinski definition) is 3. The lowest BCUT2D eigenvalue weighted by atomic mass is 9.97. The van der Waals surface area contributed by atoms with Crippen LogP contribution in [0.3, 0.4) is 0 Å². The van der Waals surface area contributed by atoms with Crippen molar-refractivity contribution in [3.05, 3.63) is 12.4 Å². The Kier molecular flexibility index (Phi) is 2.61. The second kappa shape index (κ2) is 3.73. The average molecular weight is 248 g/mol. The summed E-state index contributed by atoms with van der Waals surface area (Å²) in [5.41, 5.74) is 5.84. The molecular weight excluding hydrogens is 237 g/mol. The maximum absolute atomic E-state index is 12.1. The van der Waals surface area contributed by atoms with E-state index in [1.54, 1.807) is 6.92 Å². The minimum atomic E-state index is -4.33. The molecule has 2 heterocycles. The lowest BCUT2D eigenvalue weighted by Crippen LogP contribution is -2.67. The Hall–Kier alpha value is -1.57. The maximum Gasteiger partial charge on any atom is 0.408 e. The smallest absolute Gasteiger partial charge is 0.318 e. The average Bonchev–Trinajstić information content (AvgIpc) is 2.63. The number of β-lactam (4-membered cyclic amide) rings is 1. The molecule has 1 saturated heterocycles. The molecule has 1 amide bonds. The van der Waals surface area contributed by atoms with E-state index in [0.29, 0.717) is 5.69 Å². The van der Waals surface area contributed by atoms with Gasteiger partial charge in [0.05, 0.1) is 17.9 Å². The van der Waals surface area contributed by atoms with Gasteiger partial charge in [0, 0.05) is 6.20 Å². The van der Waals surface area contributed by atoms with Gasteiger partial charge in [-0.05, 0) is 6.92 Å². The predicted molar refractivity (Wildman–Crippen MR) is 53.2 cm³/mol. The topological polar surface area (TPSA) is 64.2 Å². The molecule has 2 atom stereocenters. The van der Waals surface area contributed by atoms with Crippen molar-refractivity contribution in [3.8, 4) is 0 Å². The highest BCUT2D eigenvalue weighted by molar-refractivity contribution is 6.05. The molecule has 0 spiro atoms.